The number of nitro groups is 1. The van der Waals surface area contributed by atoms with E-state index < -0.39 is 34.4 Å². The normalized spacial score (nSPS) is 12.1. The van der Waals surface area contributed by atoms with Crippen LogP contribution < -0.4 is 14.8 Å². The van der Waals surface area contributed by atoms with Crippen molar-refractivity contribution in [1.29, 1.82) is 0 Å². The maximum Gasteiger partial charge on any atom is 0.416 e. The zero-order valence-electron chi connectivity index (χ0n) is 19.0. The van der Waals surface area contributed by atoms with Crippen molar-refractivity contribution in [3.8, 4) is 17.2 Å². The maximum absolute atomic E-state index is 12.9. The van der Waals surface area contributed by atoms with E-state index in [1.807, 2.05) is 6.92 Å². The molecule has 0 aliphatic carbocycles. The van der Waals surface area contributed by atoms with E-state index in [9.17, 15) is 28.1 Å². The average molecular weight is 527 g/mol. The first-order valence-corrected chi connectivity index (χ1v) is 11.3. The molecule has 0 spiro atoms. The lowest BCUT2D eigenvalue weighted by Crippen LogP contribution is -2.38. The summed E-state index contributed by atoms with van der Waals surface area (Å²) in [6.07, 6.45) is -2.52. The maximum atomic E-state index is 12.9. The molecular formula is C24H22ClF3N2O6. The smallest absolute Gasteiger partial charge is 0.416 e. The van der Waals surface area contributed by atoms with Gasteiger partial charge in [0.2, 0.25) is 5.75 Å². The molecule has 0 aliphatic heterocycles. The number of unbranched alkanes of at least 4 members (excludes halogenated alkanes) is 1. The van der Waals surface area contributed by atoms with Crippen molar-refractivity contribution in [2.24, 2.45) is 0 Å². The quantitative estimate of drug-likeness (QED) is 0.215. The lowest BCUT2D eigenvalue weighted by atomic mass is 10.1. The van der Waals surface area contributed by atoms with Crippen molar-refractivity contribution in [1.82, 2.24) is 5.32 Å². The molecule has 1 heterocycles. The van der Waals surface area contributed by atoms with Gasteiger partial charge in [-0.3, -0.25) is 14.9 Å². The second-order valence-corrected chi connectivity index (χ2v) is 8.08. The molecule has 0 fully saturated rings. The van der Waals surface area contributed by atoms with Crippen molar-refractivity contribution in [2.75, 3.05) is 0 Å². The Morgan fingerprint density at radius 1 is 1.19 bits per heavy atom. The third-order valence-electron chi connectivity index (χ3n) is 5.01. The van der Waals surface area contributed by atoms with Crippen molar-refractivity contribution in [2.45, 2.75) is 45.0 Å². The summed E-state index contributed by atoms with van der Waals surface area (Å²) >= 11 is 5.94. The first-order valence-electron chi connectivity index (χ1n) is 10.9. The van der Waals surface area contributed by atoms with Crippen LogP contribution in [0.15, 0.2) is 59.2 Å². The fourth-order valence-electron chi connectivity index (χ4n) is 3.18. The molecule has 3 rings (SSSR count). The number of nitrogens with one attached hydrogen (secondary N) is 1. The number of rotatable bonds is 11. The van der Waals surface area contributed by atoms with Crippen LogP contribution in [0.25, 0.3) is 0 Å². The van der Waals surface area contributed by atoms with Gasteiger partial charge < -0.3 is 19.2 Å². The van der Waals surface area contributed by atoms with E-state index in [1.165, 1.54) is 18.4 Å². The molecule has 1 unspecified atom stereocenters. The second kappa shape index (κ2) is 11.8. The highest BCUT2D eigenvalue weighted by molar-refractivity contribution is 6.32. The Morgan fingerprint density at radius 3 is 2.58 bits per heavy atom. The molecular weight excluding hydrogens is 505 g/mol. The summed E-state index contributed by atoms with van der Waals surface area (Å²) < 4.78 is 55.2. The zero-order valence-corrected chi connectivity index (χ0v) is 19.8. The molecule has 2 aromatic carbocycles. The van der Waals surface area contributed by atoms with Gasteiger partial charge in [-0.2, -0.15) is 13.2 Å². The number of nitrogens with zero attached hydrogens (tertiary/aromatic N) is 1. The van der Waals surface area contributed by atoms with Gasteiger partial charge in [0.15, 0.2) is 6.10 Å². The van der Waals surface area contributed by atoms with Crippen molar-refractivity contribution in [3.05, 3.63) is 81.3 Å². The van der Waals surface area contributed by atoms with Crippen molar-refractivity contribution >= 4 is 23.2 Å². The number of carbonyl (C=O) groups is 1. The Bertz CT molecular complexity index is 1200. The molecule has 1 aromatic heterocycles. The largest absolute Gasteiger partial charge is 0.473 e. The number of nitro benzene ring substituents is 1. The van der Waals surface area contributed by atoms with E-state index in [1.54, 1.807) is 12.1 Å². The summed E-state index contributed by atoms with van der Waals surface area (Å²) in [7, 11) is 0. The molecule has 0 saturated heterocycles. The first-order chi connectivity index (χ1) is 17.1. The number of alkyl halides is 3. The van der Waals surface area contributed by atoms with E-state index in [4.69, 9.17) is 25.5 Å². The summed E-state index contributed by atoms with van der Waals surface area (Å²) in [6.45, 7) is 2.03. The van der Waals surface area contributed by atoms with Crippen LogP contribution in [-0.2, 0) is 17.5 Å². The third-order valence-corrected chi connectivity index (χ3v) is 5.31. The molecule has 12 heteroatoms. The molecule has 1 amide bonds. The van der Waals surface area contributed by atoms with E-state index >= 15 is 0 Å². The SMILES string of the molecule is CCCCC(Oc1cc(Oc2ccc(C(F)(F)F)cc2Cl)ccc1[N+](=O)[O-])C(=O)NCc1ccco1. The van der Waals surface area contributed by atoms with Crippen LogP contribution in [0, 0.1) is 10.1 Å². The summed E-state index contributed by atoms with van der Waals surface area (Å²) in [5.74, 6) is -0.292. The molecule has 0 radical (unpaired) electrons. The molecule has 1 N–H and O–H groups in total. The highest BCUT2D eigenvalue weighted by Crippen LogP contribution is 2.39. The summed E-state index contributed by atoms with van der Waals surface area (Å²) in [4.78, 5) is 23.7. The molecule has 36 heavy (non-hydrogen) atoms. The molecule has 0 saturated carbocycles. The van der Waals surface area contributed by atoms with Crippen LogP contribution in [0.4, 0.5) is 18.9 Å². The van der Waals surface area contributed by atoms with Crippen LogP contribution in [0.5, 0.6) is 17.2 Å². The van der Waals surface area contributed by atoms with Gasteiger partial charge in [0.25, 0.3) is 5.91 Å². The number of hydrogen-bond donors (Lipinski definition) is 1. The van der Waals surface area contributed by atoms with Gasteiger partial charge in [-0.15, -0.1) is 0 Å². The van der Waals surface area contributed by atoms with Gasteiger partial charge in [-0.1, -0.05) is 24.9 Å². The standard InChI is InChI=1S/C24H22ClF3N2O6/c1-2-3-6-21(23(31)29-14-17-5-4-11-34-17)36-22-13-16(8-9-19(22)30(32)33)35-20-10-7-15(12-18(20)25)24(26,27)28/h4-5,7-13,21H,2-3,6,14H2,1H3,(H,29,31). The number of furan rings is 1. The first kappa shape index (κ1) is 26.9. The predicted octanol–water partition coefficient (Wildman–Crippen LogP) is 6.91. The van der Waals surface area contributed by atoms with E-state index in [0.29, 0.717) is 18.2 Å². The summed E-state index contributed by atoms with van der Waals surface area (Å²) in [5, 5.41) is 13.9. The molecule has 0 aliphatic rings. The van der Waals surface area contributed by atoms with Crippen LogP contribution in [0.2, 0.25) is 5.02 Å². The Hall–Kier alpha value is -3.73. The molecule has 1 atom stereocenters. The minimum absolute atomic E-state index is 0.0162. The lowest BCUT2D eigenvalue weighted by molar-refractivity contribution is -0.386. The monoisotopic (exact) mass is 526 g/mol. The Labute approximate surface area is 209 Å². The molecule has 192 valence electrons. The minimum Gasteiger partial charge on any atom is -0.473 e. The van der Waals surface area contributed by atoms with Crippen LogP contribution >= 0.6 is 11.6 Å². The van der Waals surface area contributed by atoms with E-state index in [2.05, 4.69) is 5.32 Å². The Morgan fingerprint density at radius 2 is 1.97 bits per heavy atom. The van der Waals surface area contributed by atoms with Gasteiger partial charge in [0.1, 0.15) is 17.3 Å². The molecule has 3 aromatic rings. The van der Waals surface area contributed by atoms with Gasteiger partial charge in [0.05, 0.1) is 28.3 Å². The highest BCUT2D eigenvalue weighted by atomic mass is 35.5. The van der Waals surface area contributed by atoms with Crippen LogP contribution in [-0.4, -0.2) is 16.9 Å². The second-order valence-electron chi connectivity index (χ2n) is 7.68. The highest BCUT2D eigenvalue weighted by Gasteiger charge is 2.31. The average Bonchev–Trinajstić information content (AvgIpc) is 3.34. The topological polar surface area (TPSA) is 104 Å². The minimum atomic E-state index is -4.58. The fraction of sp³-hybridized carbons (Fsp3) is 0.292. The van der Waals surface area contributed by atoms with Gasteiger partial charge >= 0.3 is 11.9 Å². The van der Waals surface area contributed by atoms with Gasteiger partial charge in [0, 0.05) is 12.1 Å². The summed E-state index contributed by atoms with van der Waals surface area (Å²) in [6, 6.07) is 9.45. The number of amides is 1. The van der Waals surface area contributed by atoms with Crippen molar-refractivity contribution < 1.29 is 36.8 Å². The lowest BCUT2D eigenvalue weighted by Gasteiger charge is -2.19. The fourth-order valence-corrected chi connectivity index (χ4v) is 3.40. The van der Waals surface area contributed by atoms with Gasteiger partial charge in [-0.05, 0) is 49.2 Å². The van der Waals surface area contributed by atoms with Gasteiger partial charge in [-0.25, -0.2) is 0 Å². The van der Waals surface area contributed by atoms with Crippen molar-refractivity contribution in [3.63, 3.8) is 0 Å². The van der Waals surface area contributed by atoms with Crippen LogP contribution in [0.3, 0.4) is 0 Å². The summed E-state index contributed by atoms with van der Waals surface area (Å²) in [5.41, 5.74) is -1.37. The van der Waals surface area contributed by atoms with E-state index in [0.717, 1.165) is 24.6 Å². The predicted molar refractivity (Wildman–Crippen MR) is 124 cm³/mol. The Balaban J connectivity index is 1.83. The number of halogens is 4. The molecule has 0 bridgehead atoms. The number of carbonyl (C=O) groups excluding carboxylic acids is 1. The third kappa shape index (κ3) is 7.14. The number of ether oxygens (including phenoxy) is 2. The Kier molecular flexibility index (Phi) is 8.81. The zero-order chi connectivity index (χ0) is 26.3. The molecule has 8 nitrogen and oxygen atoms in total. The number of benzene rings is 2. The number of hydrogen-bond acceptors (Lipinski definition) is 6. The van der Waals surface area contributed by atoms with E-state index in [-0.39, 0.29) is 35.2 Å². The van der Waals surface area contributed by atoms with Crippen LogP contribution in [0.1, 0.15) is 37.5 Å².